The average molecular weight is 289 g/mol. The van der Waals surface area contributed by atoms with Gasteiger partial charge in [-0.3, -0.25) is 14.9 Å². The first-order valence-corrected chi connectivity index (χ1v) is 7.06. The second-order valence-electron chi connectivity index (χ2n) is 3.55. The molecule has 1 amide bonds. The van der Waals surface area contributed by atoms with Crippen LogP contribution in [0.3, 0.4) is 0 Å². The van der Waals surface area contributed by atoms with Crippen LogP contribution in [0.1, 0.15) is 12.8 Å². The Labute approximate surface area is 111 Å². The number of carbonyl (C=O) groups excluding carboxylic acids is 1. The second kappa shape index (κ2) is 6.12. The minimum atomic E-state index is -0.917. The highest BCUT2D eigenvalue weighted by atomic mass is 32.2. The zero-order chi connectivity index (χ0) is 13.0. The number of nitrogens with one attached hydrogen (secondary N) is 1. The summed E-state index contributed by atoms with van der Waals surface area (Å²) in [6, 6.07) is 0. The molecule has 0 spiro atoms. The van der Waals surface area contributed by atoms with Gasteiger partial charge in [0.2, 0.25) is 5.13 Å². The molecule has 2 N–H and O–H groups in total. The number of amides is 1. The van der Waals surface area contributed by atoms with E-state index in [1.807, 2.05) is 0 Å². The summed E-state index contributed by atoms with van der Waals surface area (Å²) in [6.45, 7) is 0.605. The van der Waals surface area contributed by atoms with Gasteiger partial charge in [-0.05, 0) is 12.8 Å². The highest BCUT2D eigenvalue weighted by molar-refractivity contribution is 8.01. The van der Waals surface area contributed by atoms with Gasteiger partial charge < -0.3 is 9.84 Å². The summed E-state index contributed by atoms with van der Waals surface area (Å²) in [7, 11) is 0. The smallest absolute Gasteiger partial charge is 0.313 e. The van der Waals surface area contributed by atoms with Crippen molar-refractivity contribution < 1.29 is 19.4 Å². The summed E-state index contributed by atoms with van der Waals surface area (Å²) >= 11 is 2.22. The highest BCUT2D eigenvalue weighted by Gasteiger charge is 2.24. The predicted molar refractivity (Wildman–Crippen MR) is 65.9 cm³/mol. The number of thioether (sulfide) groups is 1. The van der Waals surface area contributed by atoms with Gasteiger partial charge in [-0.15, -0.1) is 10.2 Å². The van der Waals surface area contributed by atoms with Gasteiger partial charge in [-0.1, -0.05) is 23.1 Å². The van der Waals surface area contributed by atoms with E-state index in [2.05, 4.69) is 15.5 Å². The molecule has 0 saturated carbocycles. The van der Waals surface area contributed by atoms with Gasteiger partial charge in [0.05, 0.1) is 5.75 Å². The van der Waals surface area contributed by atoms with E-state index in [4.69, 9.17) is 9.84 Å². The Bertz CT molecular complexity index is 445. The maximum Gasteiger partial charge on any atom is 0.313 e. The van der Waals surface area contributed by atoms with Gasteiger partial charge in [0, 0.05) is 6.61 Å². The Morgan fingerprint density at radius 1 is 1.56 bits per heavy atom. The highest BCUT2D eigenvalue weighted by Crippen LogP contribution is 2.25. The molecule has 1 aromatic rings. The van der Waals surface area contributed by atoms with Crippen LogP contribution in [0.2, 0.25) is 0 Å². The monoisotopic (exact) mass is 289 g/mol. The van der Waals surface area contributed by atoms with E-state index < -0.39 is 12.1 Å². The third-order valence-electron chi connectivity index (χ3n) is 2.18. The molecule has 0 bridgehead atoms. The van der Waals surface area contributed by atoms with Crippen LogP contribution < -0.4 is 5.32 Å². The minimum absolute atomic E-state index is 0.0751. The third kappa shape index (κ3) is 3.65. The van der Waals surface area contributed by atoms with E-state index in [0.29, 0.717) is 22.5 Å². The number of aliphatic carboxylic acids is 1. The molecule has 0 unspecified atom stereocenters. The summed E-state index contributed by atoms with van der Waals surface area (Å²) in [6.07, 6.45) is 1.18. The summed E-state index contributed by atoms with van der Waals surface area (Å²) in [5.74, 6) is -1.22. The molecule has 7 nitrogen and oxygen atoms in total. The average Bonchev–Trinajstić information content (AvgIpc) is 2.97. The molecule has 2 heterocycles. The number of ether oxygens (including phenoxy) is 1. The van der Waals surface area contributed by atoms with E-state index in [-0.39, 0.29) is 11.7 Å². The molecule has 1 saturated heterocycles. The molecule has 0 aliphatic carbocycles. The van der Waals surface area contributed by atoms with Crippen molar-refractivity contribution in [2.45, 2.75) is 23.3 Å². The first kappa shape index (κ1) is 13.2. The second-order valence-corrected chi connectivity index (χ2v) is 5.75. The lowest BCUT2D eigenvalue weighted by atomic mass is 10.2. The van der Waals surface area contributed by atoms with Gasteiger partial charge in [-0.25, -0.2) is 0 Å². The third-order valence-corrected chi connectivity index (χ3v) is 4.13. The zero-order valence-corrected chi connectivity index (χ0v) is 10.9. The standard InChI is InChI=1S/C9H11N3O4S2/c13-6(14)4-17-9-12-11-8(18-9)10-7(15)5-2-1-3-16-5/h5H,1-4H2,(H,13,14)(H,10,11,15)/t5-/m0/s1. The normalized spacial score (nSPS) is 18.8. The number of nitrogens with zero attached hydrogens (tertiary/aromatic N) is 2. The van der Waals surface area contributed by atoms with Crippen molar-refractivity contribution in [1.82, 2.24) is 10.2 Å². The Kier molecular flexibility index (Phi) is 4.50. The van der Waals surface area contributed by atoms with Gasteiger partial charge in [-0.2, -0.15) is 0 Å². The largest absolute Gasteiger partial charge is 0.481 e. The molecule has 9 heteroatoms. The topological polar surface area (TPSA) is 101 Å². The van der Waals surface area contributed by atoms with Crippen LogP contribution in [0.25, 0.3) is 0 Å². The Balaban J connectivity index is 1.85. The number of carbonyl (C=O) groups is 2. The summed E-state index contributed by atoms with van der Waals surface area (Å²) in [5.41, 5.74) is 0. The van der Waals surface area contributed by atoms with Crippen molar-refractivity contribution in [2.24, 2.45) is 0 Å². The fourth-order valence-electron chi connectivity index (χ4n) is 1.41. The maximum atomic E-state index is 11.7. The lowest BCUT2D eigenvalue weighted by molar-refractivity contribution is -0.134. The quantitative estimate of drug-likeness (QED) is 0.611. The summed E-state index contributed by atoms with van der Waals surface area (Å²) < 4.78 is 5.75. The zero-order valence-electron chi connectivity index (χ0n) is 9.29. The lowest BCUT2D eigenvalue weighted by Crippen LogP contribution is -2.26. The summed E-state index contributed by atoms with van der Waals surface area (Å²) in [5, 5.41) is 19.0. The van der Waals surface area contributed by atoms with Gasteiger partial charge >= 0.3 is 5.97 Å². The van der Waals surface area contributed by atoms with Crippen molar-refractivity contribution >= 4 is 40.1 Å². The molecule has 98 valence electrons. The Morgan fingerprint density at radius 3 is 3.06 bits per heavy atom. The van der Waals surface area contributed by atoms with Crippen molar-refractivity contribution in [3.63, 3.8) is 0 Å². The predicted octanol–water partition coefficient (Wildman–Crippen LogP) is 0.832. The number of hydrogen-bond acceptors (Lipinski definition) is 7. The molecule has 1 aliphatic rings. The van der Waals surface area contributed by atoms with Crippen LogP contribution in [0.15, 0.2) is 4.34 Å². The van der Waals surface area contributed by atoms with E-state index in [1.54, 1.807) is 0 Å². The fourth-order valence-corrected chi connectivity index (χ4v) is 2.89. The van der Waals surface area contributed by atoms with Crippen LogP contribution in [-0.4, -0.2) is 45.6 Å². The van der Waals surface area contributed by atoms with Crippen molar-refractivity contribution in [2.75, 3.05) is 17.7 Å². The Morgan fingerprint density at radius 2 is 2.39 bits per heavy atom. The van der Waals surface area contributed by atoms with E-state index >= 15 is 0 Å². The van der Waals surface area contributed by atoms with E-state index in [9.17, 15) is 9.59 Å². The fraction of sp³-hybridized carbons (Fsp3) is 0.556. The van der Waals surface area contributed by atoms with Gasteiger partial charge in [0.1, 0.15) is 6.10 Å². The number of rotatable bonds is 5. The number of aromatic nitrogens is 2. The van der Waals surface area contributed by atoms with Crippen molar-refractivity contribution in [3.05, 3.63) is 0 Å². The van der Waals surface area contributed by atoms with Crippen molar-refractivity contribution in [3.8, 4) is 0 Å². The molecule has 2 rings (SSSR count). The molecule has 0 aromatic carbocycles. The summed E-state index contributed by atoms with van der Waals surface area (Å²) in [4.78, 5) is 22.1. The number of carboxylic acid groups (broad SMARTS) is 1. The molecule has 18 heavy (non-hydrogen) atoms. The van der Waals surface area contributed by atoms with Crippen LogP contribution >= 0.6 is 23.1 Å². The first-order chi connectivity index (χ1) is 8.65. The molecule has 1 fully saturated rings. The SMILES string of the molecule is O=C(O)CSc1nnc(NC(=O)[C@@H]2CCCO2)s1. The van der Waals surface area contributed by atoms with Crippen LogP contribution in [-0.2, 0) is 14.3 Å². The number of hydrogen-bond donors (Lipinski definition) is 2. The molecular formula is C9H11N3O4S2. The van der Waals surface area contributed by atoms with Crippen molar-refractivity contribution in [1.29, 1.82) is 0 Å². The molecule has 1 aliphatic heterocycles. The van der Waals surface area contributed by atoms with Gasteiger partial charge in [0.15, 0.2) is 4.34 Å². The Hall–Kier alpha value is -1.19. The van der Waals surface area contributed by atoms with Crippen LogP contribution in [0, 0.1) is 0 Å². The maximum absolute atomic E-state index is 11.7. The van der Waals surface area contributed by atoms with Gasteiger partial charge in [0.25, 0.3) is 5.91 Å². The minimum Gasteiger partial charge on any atom is -0.481 e. The number of carboxylic acids is 1. The molecular weight excluding hydrogens is 278 g/mol. The molecule has 0 radical (unpaired) electrons. The van der Waals surface area contributed by atoms with E-state index in [0.717, 1.165) is 29.5 Å². The molecule has 1 atom stereocenters. The lowest BCUT2D eigenvalue weighted by Gasteiger charge is -2.06. The first-order valence-electron chi connectivity index (χ1n) is 5.25. The van der Waals surface area contributed by atoms with Crippen LogP contribution in [0.4, 0.5) is 5.13 Å². The molecule has 1 aromatic heterocycles. The van der Waals surface area contributed by atoms with Crippen LogP contribution in [0.5, 0.6) is 0 Å². The van der Waals surface area contributed by atoms with E-state index in [1.165, 1.54) is 0 Å². The number of anilines is 1.